The molecule has 0 spiro atoms. The maximum Gasteiger partial charge on any atom is 0.0896 e. The van der Waals surface area contributed by atoms with Gasteiger partial charge in [0.2, 0.25) is 0 Å². The van der Waals surface area contributed by atoms with Crippen LogP contribution in [-0.2, 0) is 0 Å². The molecule has 0 amide bonds. The fourth-order valence-corrected chi connectivity index (χ4v) is 2.07. The van der Waals surface area contributed by atoms with Crippen molar-refractivity contribution in [1.82, 2.24) is 4.98 Å². The minimum Gasteiger partial charge on any atom is -0.327 e. The second-order valence-corrected chi connectivity index (χ2v) is 4.05. The molecule has 62 valence electrons. The molecule has 1 saturated carbocycles. The van der Waals surface area contributed by atoms with Crippen LogP contribution in [0.5, 0.6) is 0 Å². The molecule has 2 N–H and O–H groups in total. The molecule has 2 rings (SSSR count). The number of hydrogen-bond donors (Lipinski definition) is 1. The van der Waals surface area contributed by atoms with Gasteiger partial charge in [0.15, 0.2) is 0 Å². The summed E-state index contributed by atoms with van der Waals surface area (Å²) >= 11 is 1.77. The number of nitrogens with zero attached hydrogens (tertiary/aromatic N) is 1. The Balaban J connectivity index is 0.000000605. The van der Waals surface area contributed by atoms with Crippen LogP contribution in [-0.4, -0.2) is 11.0 Å². The van der Waals surface area contributed by atoms with Gasteiger partial charge in [-0.15, -0.1) is 23.7 Å². The number of rotatable bonds is 1. The minimum absolute atomic E-state index is 0. The summed E-state index contributed by atoms with van der Waals surface area (Å²) in [6, 6.07) is 0.417. The van der Waals surface area contributed by atoms with Crippen molar-refractivity contribution in [2.45, 2.75) is 25.3 Å². The van der Waals surface area contributed by atoms with Crippen molar-refractivity contribution in [3.63, 3.8) is 0 Å². The van der Waals surface area contributed by atoms with Crippen molar-refractivity contribution in [2.24, 2.45) is 5.73 Å². The molecule has 2 unspecified atom stereocenters. The Morgan fingerprint density at radius 3 is 2.73 bits per heavy atom. The summed E-state index contributed by atoms with van der Waals surface area (Å²) in [6.07, 6.45) is 3.11. The first-order valence-electron chi connectivity index (χ1n) is 3.45. The molecule has 0 saturated heterocycles. The predicted octanol–water partition coefficient (Wildman–Crippen LogP) is 1.69. The summed E-state index contributed by atoms with van der Waals surface area (Å²) < 4.78 is 0. The van der Waals surface area contributed by atoms with E-state index in [-0.39, 0.29) is 12.4 Å². The van der Waals surface area contributed by atoms with Crippen LogP contribution in [0.15, 0.2) is 6.20 Å². The molecule has 0 aromatic carbocycles. The van der Waals surface area contributed by atoms with Gasteiger partial charge in [-0.3, -0.25) is 0 Å². The van der Waals surface area contributed by atoms with Crippen LogP contribution in [0.25, 0.3) is 0 Å². The molecule has 1 aromatic rings. The molecular weight excluding hydrogens is 180 g/mol. The van der Waals surface area contributed by atoms with Gasteiger partial charge in [0, 0.05) is 23.0 Å². The fraction of sp³-hybridized carbons (Fsp3) is 0.571. The Morgan fingerprint density at radius 1 is 1.73 bits per heavy atom. The Hall–Kier alpha value is -0.120. The maximum atomic E-state index is 5.69. The van der Waals surface area contributed by atoms with Crippen LogP contribution >= 0.6 is 23.7 Å². The second kappa shape index (κ2) is 3.09. The zero-order valence-corrected chi connectivity index (χ0v) is 7.91. The largest absolute Gasteiger partial charge is 0.327 e. The fourth-order valence-electron chi connectivity index (χ4n) is 1.09. The smallest absolute Gasteiger partial charge is 0.0896 e. The van der Waals surface area contributed by atoms with E-state index in [9.17, 15) is 0 Å². The zero-order valence-electron chi connectivity index (χ0n) is 6.28. The van der Waals surface area contributed by atoms with Crippen molar-refractivity contribution in [3.8, 4) is 0 Å². The molecule has 0 aliphatic heterocycles. The van der Waals surface area contributed by atoms with E-state index in [0.717, 1.165) is 11.4 Å². The van der Waals surface area contributed by atoms with Gasteiger partial charge in [-0.05, 0) is 13.3 Å². The number of halogens is 1. The zero-order chi connectivity index (χ0) is 7.14. The molecule has 1 aliphatic carbocycles. The predicted molar refractivity (Wildman–Crippen MR) is 49.4 cm³/mol. The van der Waals surface area contributed by atoms with Crippen LogP contribution in [0.4, 0.5) is 0 Å². The van der Waals surface area contributed by atoms with E-state index in [1.165, 1.54) is 4.88 Å². The lowest BCUT2D eigenvalue weighted by Gasteiger charge is -1.85. The molecule has 2 nitrogen and oxygen atoms in total. The van der Waals surface area contributed by atoms with Crippen molar-refractivity contribution >= 4 is 23.7 Å². The van der Waals surface area contributed by atoms with Crippen molar-refractivity contribution in [3.05, 3.63) is 16.1 Å². The van der Waals surface area contributed by atoms with Crippen LogP contribution in [0.2, 0.25) is 0 Å². The van der Waals surface area contributed by atoms with Crippen LogP contribution in [0.1, 0.15) is 22.2 Å². The Labute approximate surface area is 76.2 Å². The molecule has 0 bridgehead atoms. The quantitative estimate of drug-likeness (QED) is 0.732. The lowest BCUT2D eigenvalue weighted by molar-refractivity contribution is 1.00. The summed E-state index contributed by atoms with van der Waals surface area (Å²) in [5.41, 5.74) is 5.69. The van der Waals surface area contributed by atoms with E-state index in [0.29, 0.717) is 12.0 Å². The second-order valence-electron chi connectivity index (χ2n) is 2.79. The summed E-state index contributed by atoms with van der Waals surface area (Å²) in [4.78, 5) is 5.54. The Kier molecular flexibility index (Phi) is 2.52. The summed E-state index contributed by atoms with van der Waals surface area (Å²) in [7, 11) is 0. The third kappa shape index (κ3) is 1.72. The van der Waals surface area contributed by atoms with E-state index < -0.39 is 0 Å². The van der Waals surface area contributed by atoms with Crippen LogP contribution in [0.3, 0.4) is 0 Å². The van der Waals surface area contributed by atoms with Gasteiger partial charge in [-0.2, -0.15) is 0 Å². The molecule has 2 atom stereocenters. The van der Waals surface area contributed by atoms with E-state index in [1.807, 2.05) is 13.1 Å². The lowest BCUT2D eigenvalue weighted by Crippen LogP contribution is -1.99. The highest BCUT2D eigenvalue weighted by atomic mass is 35.5. The number of thiazole rings is 1. The molecule has 0 radical (unpaired) electrons. The van der Waals surface area contributed by atoms with Crippen molar-refractivity contribution < 1.29 is 0 Å². The number of nitrogens with two attached hydrogens (primary N) is 1. The standard InChI is InChI=1S/C7H10N2S.ClH/c1-4-9-3-7(10-4)5-2-6(5)8;/h3,5-6H,2,8H2,1H3;1H. The van der Waals surface area contributed by atoms with Crippen LogP contribution in [0, 0.1) is 6.92 Å². The highest BCUT2D eigenvalue weighted by Crippen LogP contribution is 2.41. The first kappa shape index (κ1) is 8.97. The third-order valence-corrected chi connectivity index (χ3v) is 2.89. The number of aryl methyl sites for hydroxylation is 1. The first-order chi connectivity index (χ1) is 4.77. The van der Waals surface area contributed by atoms with Gasteiger partial charge in [0.05, 0.1) is 5.01 Å². The molecule has 1 aromatic heterocycles. The van der Waals surface area contributed by atoms with E-state index in [1.54, 1.807) is 11.3 Å². The van der Waals surface area contributed by atoms with E-state index >= 15 is 0 Å². The molecule has 11 heavy (non-hydrogen) atoms. The first-order valence-corrected chi connectivity index (χ1v) is 4.27. The molecule has 1 aliphatic rings. The van der Waals surface area contributed by atoms with Gasteiger partial charge < -0.3 is 5.73 Å². The van der Waals surface area contributed by atoms with Gasteiger partial charge in [-0.25, -0.2) is 4.98 Å². The molecule has 1 heterocycles. The summed E-state index contributed by atoms with van der Waals surface area (Å²) in [5.74, 6) is 0.631. The number of hydrogen-bond acceptors (Lipinski definition) is 3. The Bertz CT molecular complexity index is 248. The van der Waals surface area contributed by atoms with Gasteiger partial charge >= 0.3 is 0 Å². The van der Waals surface area contributed by atoms with E-state index in [4.69, 9.17) is 5.73 Å². The number of aromatic nitrogens is 1. The van der Waals surface area contributed by atoms with Crippen molar-refractivity contribution in [2.75, 3.05) is 0 Å². The van der Waals surface area contributed by atoms with Gasteiger partial charge in [-0.1, -0.05) is 0 Å². The summed E-state index contributed by atoms with van der Waals surface area (Å²) in [5, 5.41) is 1.15. The normalized spacial score (nSPS) is 27.8. The van der Waals surface area contributed by atoms with E-state index in [2.05, 4.69) is 4.98 Å². The highest BCUT2D eigenvalue weighted by Gasteiger charge is 2.36. The third-order valence-electron chi connectivity index (χ3n) is 1.84. The molecule has 1 fully saturated rings. The average Bonchev–Trinajstić information content (AvgIpc) is 2.42. The SMILES string of the molecule is Cc1ncc(C2CC2N)s1.Cl. The average molecular weight is 191 g/mol. The van der Waals surface area contributed by atoms with Gasteiger partial charge in [0.1, 0.15) is 0 Å². The minimum atomic E-state index is 0. The summed E-state index contributed by atoms with van der Waals surface area (Å²) in [6.45, 7) is 2.03. The lowest BCUT2D eigenvalue weighted by atomic mass is 10.4. The molecular formula is C7H11ClN2S. The monoisotopic (exact) mass is 190 g/mol. The van der Waals surface area contributed by atoms with Crippen LogP contribution < -0.4 is 5.73 Å². The Morgan fingerprint density at radius 2 is 2.36 bits per heavy atom. The van der Waals surface area contributed by atoms with Crippen molar-refractivity contribution in [1.29, 1.82) is 0 Å². The van der Waals surface area contributed by atoms with Gasteiger partial charge in [0.25, 0.3) is 0 Å². The molecule has 4 heteroatoms. The topological polar surface area (TPSA) is 38.9 Å². The maximum absolute atomic E-state index is 5.69. The highest BCUT2D eigenvalue weighted by molar-refractivity contribution is 7.11.